The number of β-amino-alcohol motifs (C(OH)–C–C–N with tert-alkyl or cyclic N) is 1. The number of halogens is 1. The van der Waals surface area contributed by atoms with Crippen LogP contribution in [0.2, 0.25) is 5.02 Å². The largest absolute Gasteiger partial charge is 0.390 e. The summed E-state index contributed by atoms with van der Waals surface area (Å²) in [4.78, 5) is 36.2. The first-order valence-electron chi connectivity index (χ1n) is 11.7. The molecule has 0 aliphatic carbocycles. The lowest BCUT2D eigenvalue weighted by Crippen LogP contribution is -2.53. The van der Waals surface area contributed by atoms with Crippen LogP contribution >= 0.6 is 23.4 Å². The van der Waals surface area contributed by atoms with Crippen molar-refractivity contribution in [1.82, 2.24) is 24.8 Å². The number of aliphatic hydroxyl groups excluding tert-OH is 1. The van der Waals surface area contributed by atoms with Crippen molar-refractivity contribution in [3.8, 4) is 0 Å². The van der Waals surface area contributed by atoms with E-state index in [1.807, 2.05) is 12.1 Å². The van der Waals surface area contributed by atoms with Gasteiger partial charge in [0.05, 0.1) is 38.5 Å². The summed E-state index contributed by atoms with van der Waals surface area (Å²) in [5.74, 6) is 1.07. The molecule has 3 aromatic rings. The number of nitrogens with one attached hydrogen (secondary N) is 2. The Balaban J connectivity index is 1.09. The number of thioether (sulfide) groups is 1. The van der Waals surface area contributed by atoms with Crippen LogP contribution in [0.25, 0.3) is 11.0 Å². The molecule has 2 unspecified atom stereocenters. The van der Waals surface area contributed by atoms with Crippen LogP contribution in [0.1, 0.15) is 23.6 Å². The summed E-state index contributed by atoms with van der Waals surface area (Å²) in [7, 11) is 0. The summed E-state index contributed by atoms with van der Waals surface area (Å²) in [6.07, 6.45) is 1.92. The van der Waals surface area contributed by atoms with Gasteiger partial charge in [0.15, 0.2) is 0 Å². The highest BCUT2D eigenvalue weighted by Gasteiger charge is 2.33. The van der Waals surface area contributed by atoms with Gasteiger partial charge in [0.25, 0.3) is 5.56 Å². The Morgan fingerprint density at radius 3 is 2.97 bits per heavy atom. The standard InChI is InChI=1S/C24H25ClN6O3S/c25-15-8-27-17-2-4-21(34)31-10-13(22(15)23(17)31)9-30-6-5-16(18(32)11-30)26-7-14-1-3-19-24(28-14)29-20(33)12-35-19/h1-4,8,13,16,18,26,32H,5-7,9-12H2,(H,28,29,33)/t13?,16?,18-/m1/s1. The summed E-state index contributed by atoms with van der Waals surface area (Å²) in [6, 6.07) is 7.19. The Bertz CT molecular complexity index is 1380. The number of hydrogen-bond donors (Lipinski definition) is 3. The zero-order valence-corrected chi connectivity index (χ0v) is 20.5. The number of pyridine rings is 3. The van der Waals surface area contributed by atoms with Crippen LogP contribution in [0, 0.1) is 0 Å². The molecule has 6 rings (SSSR count). The maximum Gasteiger partial charge on any atom is 0.251 e. The fraction of sp³-hybridized carbons (Fsp3) is 0.417. The van der Waals surface area contributed by atoms with Crippen LogP contribution in [0.3, 0.4) is 0 Å². The molecule has 0 bridgehead atoms. The monoisotopic (exact) mass is 512 g/mol. The lowest BCUT2D eigenvalue weighted by molar-refractivity contribution is -0.113. The highest BCUT2D eigenvalue weighted by molar-refractivity contribution is 8.00. The number of anilines is 1. The van der Waals surface area contributed by atoms with E-state index in [1.165, 1.54) is 11.8 Å². The molecule has 1 saturated heterocycles. The van der Waals surface area contributed by atoms with Gasteiger partial charge in [-0.05, 0) is 31.2 Å². The molecule has 0 spiro atoms. The second kappa shape index (κ2) is 9.18. The third kappa shape index (κ3) is 4.34. The van der Waals surface area contributed by atoms with E-state index in [1.54, 1.807) is 22.9 Å². The Hall–Kier alpha value is -2.50. The molecule has 1 fully saturated rings. The number of amides is 1. The second-order valence-electron chi connectivity index (χ2n) is 9.32. The Kier molecular flexibility index (Phi) is 6.01. The average Bonchev–Trinajstić information content (AvgIpc) is 3.23. The number of piperidine rings is 1. The van der Waals surface area contributed by atoms with Gasteiger partial charge in [0.1, 0.15) is 5.82 Å². The summed E-state index contributed by atoms with van der Waals surface area (Å²) in [5, 5.41) is 17.7. The number of carbonyl (C=O) groups is 1. The number of rotatable bonds is 5. The van der Waals surface area contributed by atoms with Crippen LogP contribution in [-0.2, 0) is 17.9 Å². The third-order valence-electron chi connectivity index (χ3n) is 7.03. The van der Waals surface area contributed by atoms with E-state index in [0.29, 0.717) is 42.8 Å². The maximum absolute atomic E-state index is 12.4. The molecule has 3 N–H and O–H groups in total. The molecular weight excluding hydrogens is 488 g/mol. The SMILES string of the molecule is O=C1CSc2ccc(CNC3CCN(CC4Cn5c(=O)ccc6ncc(Cl)c4c65)C[C@H]3O)nc2N1. The zero-order valence-electron chi connectivity index (χ0n) is 18.9. The molecule has 3 aliphatic heterocycles. The van der Waals surface area contributed by atoms with Crippen molar-refractivity contribution in [1.29, 1.82) is 0 Å². The predicted octanol–water partition coefficient (Wildman–Crippen LogP) is 1.81. The molecule has 35 heavy (non-hydrogen) atoms. The number of hydrogen-bond acceptors (Lipinski definition) is 8. The molecule has 1 amide bonds. The van der Waals surface area contributed by atoms with E-state index in [-0.39, 0.29) is 23.4 Å². The molecule has 0 radical (unpaired) electrons. The minimum atomic E-state index is -0.531. The lowest BCUT2D eigenvalue weighted by Gasteiger charge is -2.37. The first-order chi connectivity index (χ1) is 17.0. The molecule has 3 aliphatic rings. The predicted molar refractivity (Wildman–Crippen MR) is 135 cm³/mol. The minimum Gasteiger partial charge on any atom is -0.390 e. The molecule has 182 valence electrons. The van der Waals surface area contributed by atoms with Gasteiger partial charge < -0.3 is 20.3 Å². The molecule has 3 atom stereocenters. The fourth-order valence-corrected chi connectivity index (χ4v) is 6.39. The molecule has 3 aromatic heterocycles. The van der Waals surface area contributed by atoms with Crippen molar-refractivity contribution in [2.24, 2.45) is 0 Å². The van der Waals surface area contributed by atoms with E-state index in [0.717, 1.165) is 40.2 Å². The van der Waals surface area contributed by atoms with Crippen LogP contribution in [0.4, 0.5) is 5.82 Å². The first kappa shape index (κ1) is 22.9. The number of fused-ring (bicyclic) bond motifs is 1. The average molecular weight is 513 g/mol. The summed E-state index contributed by atoms with van der Waals surface area (Å²) in [5.41, 5.74) is 3.38. The van der Waals surface area contributed by atoms with Crippen LogP contribution < -0.4 is 16.2 Å². The molecule has 11 heteroatoms. The van der Waals surface area contributed by atoms with Gasteiger partial charge >= 0.3 is 0 Å². The molecule has 0 saturated carbocycles. The number of aliphatic hydroxyl groups is 1. The van der Waals surface area contributed by atoms with E-state index >= 15 is 0 Å². The normalized spacial score (nSPS) is 23.9. The van der Waals surface area contributed by atoms with Crippen molar-refractivity contribution in [3.63, 3.8) is 0 Å². The number of carbonyl (C=O) groups excluding carboxylic acids is 1. The smallest absolute Gasteiger partial charge is 0.251 e. The third-order valence-corrected chi connectivity index (χ3v) is 8.37. The highest BCUT2D eigenvalue weighted by Crippen LogP contribution is 2.37. The van der Waals surface area contributed by atoms with Gasteiger partial charge in [-0.15, -0.1) is 11.8 Å². The van der Waals surface area contributed by atoms with E-state index < -0.39 is 6.10 Å². The van der Waals surface area contributed by atoms with Crippen molar-refractivity contribution < 1.29 is 9.90 Å². The zero-order chi connectivity index (χ0) is 24.1. The maximum atomic E-state index is 12.4. The van der Waals surface area contributed by atoms with Crippen LogP contribution in [0.5, 0.6) is 0 Å². The summed E-state index contributed by atoms with van der Waals surface area (Å²) >= 11 is 8.01. The van der Waals surface area contributed by atoms with Gasteiger partial charge in [0.2, 0.25) is 5.91 Å². The van der Waals surface area contributed by atoms with E-state index in [2.05, 4.69) is 25.5 Å². The van der Waals surface area contributed by atoms with Crippen molar-refractivity contribution >= 4 is 46.1 Å². The van der Waals surface area contributed by atoms with Crippen molar-refractivity contribution in [2.45, 2.75) is 42.5 Å². The Labute approximate surface area is 210 Å². The van der Waals surface area contributed by atoms with Gasteiger partial charge in [0, 0.05) is 56.0 Å². The summed E-state index contributed by atoms with van der Waals surface area (Å²) in [6.45, 7) is 3.17. The van der Waals surface area contributed by atoms with Gasteiger partial charge in [-0.1, -0.05) is 11.6 Å². The lowest BCUT2D eigenvalue weighted by atomic mass is 9.97. The minimum absolute atomic E-state index is 0.0353. The number of aromatic nitrogens is 3. The first-order valence-corrected chi connectivity index (χ1v) is 13.1. The number of likely N-dealkylation sites (tertiary alicyclic amines) is 1. The van der Waals surface area contributed by atoms with Gasteiger partial charge in [-0.3, -0.25) is 19.5 Å². The van der Waals surface area contributed by atoms with Gasteiger partial charge in [-0.2, -0.15) is 0 Å². The van der Waals surface area contributed by atoms with E-state index in [9.17, 15) is 14.7 Å². The van der Waals surface area contributed by atoms with E-state index in [4.69, 9.17) is 11.6 Å². The quantitative estimate of drug-likeness (QED) is 0.474. The topological polar surface area (TPSA) is 112 Å². The number of nitrogens with zero attached hydrogens (tertiary/aromatic N) is 4. The highest BCUT2D eigenvalue weighted by atomic mass is 35.5. The second-order valence-corrected chi connectivity index (χ2v) is 10.7. The van der Waals surface area contributed by atoms with Crippen LogP contribution in [0.15, 0.2) is 40.2 Å². The Morgan fingerprint density at radius 1 is 1.23 bits per heavy atom. The Morgan fingerprint density at radius 2 is 2.11 bits per heavy atom. The molecular formula is C24H25ClN6O3S. The van der Waals surface area contributed by atoms with Crippen molar-refractivity contribution in [3.05, 3.63) is 57.1 Å². The fourth-order valence-electron chi connectivity index (χ4n) is 5.35. The van der Waals surface area contributed by atoms with Crippen molar-refractivity contribution in [2.75, 3.05) is 30.7 Å². The molecule has 6 heterocycles. The summed E-state index contributed by atoms with van der Waals surface area (Å²) < 4.78 is 1.77. The van der Waals surface area contributed by atoms with Crippen LogP contribution in [-0.4, -0.2) is 68.0 Å². The molecule has 9 nitrogen and oxygen atoms in total. The molecule has 0 aromatic carbocycles. The van der Waals surface area contributed by atoms with Gasteiger partial charge in [-0.25, -0.2) is 4.98 Å².